The second-order valence-electron chi connectivity index (χ2n) is 3.89. The van der Waals surface area contributed by atoms with Crippen LogP contribution in [0, 0.1) is 0 Å². The molecular weight excluding hydrogens is 209 g/mol. The molecule has 0 saturated carbocycles. The zero-order valence-electron chi connectivity index (χ0n) is 9.36. The van der Waals surface area contributed by atoms with Crippen LogP contribution in [0.5, 0.6) is 0 Å². The van der Waals surface area contributed by atoms with Crippen molar-refractivity contribution in [1.29, 1.82) is 0 Å². The Morgan fingerprint density at radius 2 is 1.80 bits per heavy atom. The molecule has 0 aromatic rings. The maximum absolute atomic E-state index is 12.2. The predicted molar refractivity (Wildman–Crippen MR) is 52.7 cm³/mol. The average molecular weight is 228 g/mol. The lowest BCUT2D eigenvalue weighted by molar-refractivity contribution is -0.147. The molecule has 0 radical (unpaired) electrons. The van der Waals surface area contributed by atoms with Crippen LogP contribution in [0.3, 0.4) is 0 Å². The van der Waals surface area contributed by atoms with Crippen molar-refractivity contribution in [2.75, 3.05) is 33.3 Å². The van der Waals surface area contributed by atoms with Crippen molar-refractivity contribution in [3.63, 3.8) is 0 Å². The first-order valence-corrected chi connectivity index (χ1v) is 4.85. The van der Waals surface area contributed by atoms with Gasteiger partial charge in [-0.05, 0) is 20.5 Å². The van der Waals surface area contributed by atoms with Crippen molar-refractivity contribution in [3.05, 3.63) is 0 Å². The van der Waals surface area contributed by atoms with Gasteiger partial charge >= 0.3 is 6.18 Å². The summed E-state index contributed by atoms with van der Waals surface area (Å²) in [4.78, 5) is 1.26. The summed E-state index contributed by atoms with van der Waals surface area (Å²) in [5.41, 5.74) is -0.693. The van der Waals surface area contributed by atoms with E-state index in [0.29, 0.717) is 6.54 Å². The third-order valence-electron chi connectivity index (χ3n) is 2.38. The Hall–Kier alpha value is -0.330. The standard InChI is InChI=1S/C9H19F3N2O/c1-4-14(6-9(10,11)12)5-8(2,7-15)13-3/h13,15H,4-7H2,1-3H3. The summed E-state index contributed by atoms with van der Waals surface area (Å²) in [6, 6.07) is 0. The normalized spacial score (nSPS) is 16.8. The van der Waals surface area contributed by atoms with Crippen molar-refractivity contribution in [3.8, 4) is 0 Å². The van der Waals surface area contributed by atoms with Gasteiger partial charge in [0.05, 0.1) is 18.7 Å². The number of alkyl halides is 3. The van der Waals surface area contributed by atoms with E-state index in [9.17, 15) is 13.2 Å². The number of likely N-dealkylation sites (N-methyl/N-ethyl adjacent to an activating group) is 2. The molecule has 0 fully saturated rings. The van der Waals surface area contributed by atoms with Gasteiger partial charge in [-0.15, -0.1) is 0 Å². The highest BCUT2D eigenvalue weighted by Crippen LogP contribution is 2.17. The van der Waals surface area contributed by atoms with E-state index in [-0.39, 0.29) is 13.2 Å². The van der Waals surface area contributed by atoms with E-state index in [1.807, 2.05) is 0 Å². The molecule has 2 N–H and O–H groups in total. The lowest BCUT2D eigenvalue weighted by Gasteiger charge is -2.33. The Morgan fingerprint density at radius 3 is 2.07 bits per heavy atom. The predicted octanol–water partition coefficient (Wildman–Crippen LogP) is 0.841. The number of hydrogen-bond acceptors (Lipinski definition) is 3. The summed E-state index contributed by atoms with van der Waals surface area (Å²) in [5.74, 6) is 0. The fraction of sp³-hybridized carbons (Fsp3) is 1.00. The minimum absolute atomic E-state index is 0.163. The van der Waals surface area contributed by atoms with Crippen molar-refractivity contribution < 1.29 is 18.3 Å². The maximum Gasteiger partial charge on any atom is 0.401 e. The highest BCUT2D eigenvalue weighted by Gasteiger charge is 2.33. The zero-order valence-corrected chi connectivity index (χ0v) is 9.36. The monoisotopic (exact) mass is 228 g/mol. The molecule has 6 heteroatoms. The van der Waals surface area contributed by atoms with E-state index in [0.717, 1.165) is 0 Å². The molecule has 92 valence electrons. The second-order valence-corrected chi connectivity index (χ2v) is 3.89. The van der Waals surface area contributed by atoms with Gasteiger partial charge in [0, 0.05) is 6.54 Å². The third kappa shape index (κ3) is 5.96. The van der Waals surface area contributed by atoms with Crippen LogP contribution in [0.1, 0.15) is 13.8 Å². The molecule has 0 heterocycles. The molecule has 3 nitrogen and oxygen atoms in total. The summed E-state index contributed by atoms with van der Waals surface area (Å²) < 4.78 is 36.5. The van der Waals surface area contributed by atoms with Crippen LogP contribution in [-0.4, -0.2) is 55.0 Å². The highest BCUT2D eigenvalue weighted by atomic mass is 19.4. The largest absolute Gasteiger partial charge is 0.401 e. The van der Waals surface area contributed by atoms with E-state index in [2.05, 4.69) is 5.32 Å². The molecule has 0 saturated heterocycles. The van der Waals surface area contributed by atoms with Crippen LogP contribution in [0.2, 0.25) is 0 Å². The van der Waals surface area contributed by atoms with Crippen LogP contribution in [0.15, 0.2) is 0 Å². The van der Waals surface area contributed by atoms with E-state index in [1.54, 1.807) is 20.9 Å². The minimum atomic E-state index is -4.19. The van der Waals surface area contributed by atoms with Crippen LogP contribution in [0.4, 0.5) is 13.2 Å². The number of rotatable bonds is 6. The molecule has 0 aromatic carbocycles. The van der Waals surface area contributed by atoms with Crippen LogP contribution in [0.25, 0.3) is 0 Å². The zero-order chi connectivity index (χ0) is 12.1. The quantitative estimate of drug-likeness (QED) is 0.707. The molecule has 0 aromatic heterocycles. The SMILES string of the molecule is CCN(CC(F)(F)F)CC(C)(CO)NC. The second kappa shape index (κ2) is 5.67. The van der Waals surface area contributed by atoms with Crippen molar-refractivity contribution in [2.45, 2.75) is 25.6 Å². The molecule has 0 aliphatic carbocycles. The molecule has 0 amide bonds. The van der Waals surface area contributed by atoms with Crippen molar-refractivity contribution in [1.82, 2.24) is 10.2 Å². The Balaban J connectivity index is 4.32. The first-order valence-electron chi connectivity index (χ1n) is 4.85. The molecule has 0 spiro atoms. The van der Waals surface area contributed by atoms with Gasteiger partial charge < -0.3 is 10.4 Å². The number of nitrogens with zero attached hydrogens (tertiary/aromatic N) is 1. The highest BCUT2D eigenvalue weighted by molar-refractivity contribution is 4.85. The van der Waals surface area contributed by atoms with Crippen LogP contribution >= 0.6 is 0 Å². The van der Waals surface area contributed by atoms with E-state index >= 15 is 0 Å². The van der Waals surface area contributed by atoms with E-state index in [1.165, 1.54) is 4.90 Å². The average Bonchev–Trinajstić information content (AvgIpc) is 2.14. The first kappa shape index (κ1) is 14.7. The number of aliphatic hydroxyl groups is 1. The Morgan fingerprint density at radius 1 is 1.27 bits per heavy atom. The molecule has 0 aliphatic rings. The molecule has 0 rings (SSSR count). The van der Waals surface area contributed by atoms with Gasteiger partial charge in [0.25, 0.3) is 0 Å². The number of hydrogen-bond donors (Lipinski definition) is 2. The Labute approximate surface area is 88.3 Å². The number of aliphatic hydroxyl groups excluding tert-OH is 1. The Kier molecular flexibility index (Phi) is 5.55. The lowest BCUT2D eigenvalue weighted by Crippen LogP contribution is -2.54. The minimum Gasteiger partial charge on any atom is -0.394 e. The van der Waals surface area contributed by atoms with E-state index < -0.39 is 18.3 Å². The van der Waals surface area contributed by atoms with Gasteiger partial charge in [-0.1, -0.05) is 6.92 Å². The number of nitrogens with one attached hydrogen (secondary N) is 1. The van der Waals surface area contributed by atoms with Gasteiger partial charge in [-0.3, -0.25) is 4.90 Å². The van der Waals surface area contributed by atoms with Crippen LogP contribution in [-0.2, 0) is 0 Å². The summed E-state index contributed by atoms with van der Waals surface area (Å²) >= 11 is 0. The lowest BCUT2D eigenvalue weighted by atomic mass is 10.0. The summed E-state index contributed by atoms with van der Waals surface area (Å²) in [5, 5.41) is 11.9. The summed E-state index contributed by atoms with van der Waals surface area (Å²) in [6.07, 6.45) is -4.19. The molecule has 0 aliphatic heterocycles. The van der Waals surface area contributed by atoms with Gasteiger partial charge in [0.2, 0.25) is 0 Å². The van der Waals surface area contributed by atoms with Crippen molar-refractivity contribution in [2.24, 2.45) is 0 Å². The number of halogens is 3. The van der Waals surface area contributed by atoms with Crippen LogP contribution < -0.4 is 5.32 Å². The first-order chi connectivity index (χ1) is 6.76. The molecule has 0 bridgehead atoms. The maximum atomic E-state index is 12.2. The Bertz CT molecular complexity index is 181. The molecular formula is C9H19F3N2O. The van der Waals surface area contributed by atoms with Gasteiger partial charge in [0.1, 0.15) is 0 Å². The van der Waals surface area contributed by atoms with Crippen molar-refractivity contribution >= 4 is 0 Å². The summed E-state index contributed by atoms with van der Waals surface area (Å²) in [6.45, 7) is 2.68. The molecule has 1 unspecified atom stereocenters. The smallest absolute Gasteiger partial charge is 0.394 e. The topological polar surface area (TPSA) is 35.5 Å². The fourth-order valence-electron chi connectivity index (χ4n) is 1.23. The van der Waals surface area contributed by atoms with E-state index in [4.69, 9.17) is 5.11 Å². The van der Waals surface area contributed by atoms with Gasteiger partial charge in [-0.2, -0.15) is 13.2 Å². The molecule has 15 heavy (non-hydrogen) atoms. The summed E-state index contributed by atoms with van der Waals surface area (Å²) in [7, 11) is 1.62. The van der Waals surface area contributed by atoms with Gasteiger partial charge in [-0.25, -0.2) is 0 Å². The fourth-order valence-corrected chi connectivity index (χ4v) is 1.23. The van der Waals surface area contributed by atoms with Gasteiger partial charge in [0.15, 0.2) is 0 Å². The molecule has 1 atom stereocenters. The third-order valence-corrected chi connectivity index (χ3v) is 2.38.